The van der Waals surface area contributed by atoms with Crippen LogP contribution in [0.25, 0.3) is 6.08 Å². The molecule has 0 saturated carbocycles. The van der Waals surface area contributed by atoms with Crippen LogP contribution in [0.15, 0.2) is 30.3 Å². The first-order valence-electron chi connectivity index (χ1n) is 6.67. The molecule has 0 aliphatic carbocycles. The number of anilines is 1. The Balaban J connectivity index is 1.98. The normalized spacial score (nSPS) is 10.8. The number of carbonyl (C=O) groups excluding carboxylic acids is 1. The second kappa shape index (κ2) is 7.54. The van der Waals surface area contributed by atoms with E-state index in [0.29, 0.717) is 5.13 Å². The summed E-state index contributed by atoms with van der Waals surface area (Å²) in [6, 6.07) is 7.50. The number of carbonyl (C=O) groups is 1. The molecule has 1 heterocycles. The van der Waals surface area contributed by atoms with E-state index < -0.39 is 0 Å². The summed E-state index contributed by atoms with van der Waals surface area (Å²) in [5, 5.41) is 12.1. The smallest absolute Gasteiger partial charge is 0.250 e. The van der Waals surface area contributed by atoms with Crippen molar-refractivity contribution in [2.24, 2.45) is 0 Å². The maximum Gasteiger partial charge on any atom is 0.250 e. The van der Waals surface area contributed by atoms with Gasteiger partial charge in [-0.3, -0.25) is 10.1 Å². The molecule has 0 bridgehead atoms. The predicted octanol–water partition coefficient (Wildman–Crippen LogP) is 3.15. The summed E-state index contributed by atoms with van der Waals surface area (Å²) in [5.41, 5.74) is 0.846. The van der Waals surface area contributed by atoms with E-state index in [-0.39, 0.29) is 5.91 Å². The maximum absolute atomic E-state index is 11.9. The van der Waals surface area contributed by atoms with E-state index >= 15 is 0 Å². The lowest BCUT2D eigenvalue weighted by Gasteiger charge is -2.03. The van der Waals surface area contributed by atoms with Gasteiger partial charge in [0.2, 0.25) is 11.0 Å². The Kier molecular flexibility index (Phi) is 5.45. The largest absolute Gasteiger partial charge is 0.496 e. The van der Waals surface area contributed by atoms with Crippen LogP contribution < -0.4 is 10.1 Å². The summed E-state index contributed by atoms with van der Waals surface area (Å²) in [6.45, 7) is 2.08. The number of hydrogen-bond acceptors (Lipinski definition) is 5. The molecule has 1 aromatic heterocycles. The zero-order chi connectivity index (χ0) is 15.1. The highest BCUT2D eigenvalue weighted by molar-refractivity contribution is 7.15. The molecule has 0 radical (unpaired) electrons. The zero-order valence-electron chi connectivity index (χ0n) is 12.0. The fourth-order valence-corrected chi connectivity index (χ4v) is 2.58. The second-order valence-electron chi connectivity index (χ2n) is 4.32. The van der Waals surface area contributed by atoms with E-state index in [1.807, 2.05) is 24.3 Å². The summed E-state index contributed by atoms with van der Waals surface area (Å²) in [4.78, 5) is 11.9. The fraction of sp³-hybridized carbons (Fsp3) is 0.267. The van der Waals surface area contributed by atoms with Gasteiger partial charge >= 0.3 is 0 Å². The molecule has 0 fully saturated rings. The summed E-state index contributed by atoms with van der Waals surface area (Å²) in [7, 11) is 1.60. The van der Waals surface area contributed by atoms with Crippen molar-refractivity contribution >= 4 is 28.5 Å². The molecule has 0 spiro atoms. The van der Waals surface area contributed by atoms with E-state index in [1.165, 1.54) is 17.4 Å². The van der Waals surface area contributed by atoms with Crippen molar-refractivity contribution in [1.82, 2.24) is 10.2 Å². The van der Waals surface area contributed by atoms with E-state index in [2.05, 4.69) is 22.4 Å². The molecule has 21 heavy (non-hydrogen) atoms. The van der Waals surface area contributed by atoms with Gasteiger partial charge in [-0.05, 0) is 18.6 Å². The van der Waals surface area contributed by atoms with Crippen LogP contribution in [0.2, 0.25) is 0 Å². The van der Waals surface area contributed by atoms with Crippen molar-refractivity contribution in [1.29, 1.82) is 0 Å². The van der Waals surface area contributed by atoms with Gasteiger partial charge in [-0.2, -0.15) is 0 Å². The molecule has 0 saturated heterocycles. The number of aromatic nitrogens is 2. The van der Waals surface area contributed by atoms with Gasteiger partial charge in [-0.1, -0.05) is 36.5 Å². The minimum Gasteiger partial charge on any atom is -0.496 e. The van der Waals surface area contributed by atoms with E-state index in [1.54, 1.807) is 13.2 Å². The van der Waals surface area contributed by atoms with Crippen molar-refractivity contribution in [2.75, 3.05) is 12.4 Å². The number of ether oxygens (including phenoxy) is 1. The Morgan fingerprint density at radius 2 is 2.19 bits per heavy atom. The number of para-hydroxylation sites is 1. The average molecular weight is 303 g/mol. The van der Waals surface area contributed by atoms with Crippen LogP contribution in [0.1, 0.15) is 23.9 Å². The summed E-state index contributed by atoms with van der Waals surface area (Å²) in [6.07, 6.45) is 5.06. The van der Waals surface area contributed by atoms with Crippen molar-refractivity contribution < 1.29 is 9.53 Å². The number of hydrogen-bond donors (Lipinski definition) is 1. The van der Waals surface area contributed by atoms with Crippen molar-refractivity contribution in [2.45, 2.75) is 19.8 Å². The quantitative estimate of drug-likeness (QED) is 0.833. The molecule has 1 amide bonds. The molecule has 5 nitrogen and oxygen atoms in total. The van der Waals surface area contributed by atoms with Gasteiger partial charge in [-0.25, -0.2) is 0 Å². The molecular formula is C15H17N3O2S. The highest BCUT2D eigenvalue weighted by atomic mass is 32.1. The fourth-order valence-electron chi connectivity index (χ4n) is 1.74. The van der Waals surface area contributed by atoms with Crippen LogP contribution >= 0.6 is 11.3 Å². The summed E-state index contributed by atoms with van der Waals surface area (Å²) in [5.74, 6) is 0.489. The number of amides is 1. The number of nitrogens with one attached hydrogen (secondary N) is 1. The number of benzene rings is 1. The number of aryl methyl sites for hydroxylation is 1. The Morgan fingerprint density at radius 1 is 1.38 bits per heavy atom. The molecule has 2 aromatic rings. The molecule has 0 aliphatic heterocycles. The standard InChI is InChI=1S/C15H17N3O2S/c1-3-6-14-17-18-15(21-14)16-13(19)10-9-11-7-4-5-8-12(11)20-2/h4-5,7-10H,3,6H2,1-2H3,(H,16,18,19)/b10-9+. The van der Waals surface area contributed by atoms with Crippen molar-refractivity contribution in [3.05, 3.63) is 40.9 Å². The Hall–Kier alpha value is -2.21. The third-order valence-electron chi connectivity index (χ3n) is 2.71. The summed E-state index contributed by atoms with van der Waals surface area (Å²) >= 11 is 1.40. The van der Waals surface area contributed by atoms with Gasteiger partial charge < -0.3 is 4.74 Å². The van der Waals surface area contributed by atoms with Gasteiger partial charge in [0, 0.05) is 18.1 Å². The van der Waals surface area contributed by atoms with E-state index in [9.17, 15) is 4.79 Å². The van der Waals surface area contributed by atoms with Crippen LogP contribution in [-0.4, -0.2) is 23.2 Å². The molecule has 1 N–H and O–H groups in total. The zero-order valence-corrected chi connectivity index (χ0v) is 12.8. The first-order valence-corrected chi connectivity index (χ1v) is 7.49. The van der Waals surface area contributed by atoms with Crippen LogP contribution in [0, 0.1) is 0 Å². The van der Waals surface area contributed by atoms with Gasteiger partial charge in [0.05, 0.1) is 7.11 Å². The summed E-state index contributed by atoms with van der Waals surface area (Å²) < 4.78 is 5.22. The predicted molar refractivity (Wildman–Crippen MR) is 84.6 cm³/mol. The lowest BCUT2D eigenvalue weighted by molar-refractivity contribution is -0.111. The minimum absolute atomic E-state index is 0.236. The maximum atomic E-state index is 11.9. The molecule has 0 atom stereocenters. The number of methoxy groups -OCH3 is 1. The molecule has 1 aromatic carbocycles. The third kappa shape index (κ3) is 4.39. The molecular weight excluding hydrogens is 286 g/mol. The van der Waals surface area contributed by atoms with Crippen molar-refractivity contribution in [3.63, 3.8) is 0 Å². The number of nitrogens with zero attached hydrogens (tertiary/aromatic N) is 2. The third-order valence-corrected chi connectivity index (χ3v) is 3.61. The van der Waals surface area contributed by atoms with E-state index in [0.717, 1.165) is 29.2 Å². The monoisotopic (exact) mass is 303 g/mol. The highest BCUT2D eigenvalue weighted by Crippen LogP contribution is 2.19. The van der Waals surface area contributed by atoms with E-state index in [4.69, 9.17) is 4.74 Å². The molecule has 0 aliphatic rings. The topological polar surface area (TPSA) is 64.1 Å². The first kappa shape index (κ1) is 15.2. The lowest BCUT2D eigenvalue weighted by atomic mass is 10.2. The Bertz CT molecular complexity index is 637. The molecule has 2 rings (SSSR count). The van der Waals surface area contributed by atoms with Gasteiger partial charge in [0.15, 0.2) is 0 Å². The first-order chi connectivity index (χ1) is 10.2. The average Bonchev–Trinajstić information content (AvgIpc) is 2.93. The molecule has 0 unspecified atom stereocenters. The molecule has 110 valence electrons. The minimum atomic E-state index is -0.236. The molecule has 6 heteroatoms. The van der Waals surface area contributed by atoms with Gasteiger partial charge in [0.25, 0.3) is 0 Å². The Labute approximate surface area is 127 Å². The Morgan fingerprint density at radius 3 is 2.95 bits per heavy atom. The number of rotatable bonds is 6. The van der Waals surface area contributed by atoms with Gasteiger partial charge in [0.1, 0.15) is 10.8 Å². The van der Waals surface area contributed by atoms with Crippen LogP contribution in [0.5, 0.6) is 5.75 Å². The SMILES string of the molecule is CCCc1nnc(NC(=O)/C=C/c2ccccc2OC)s1. The van der Waals surface area contributed by atoms with Crippen LogP contribution in [0.3, 0.4) is 0 Å². The van der Waals surface area contributed by atoms with Crippen LogP contribution in [-0.2, 0) is 11.2 Å². The lowest BCUT2D eigenvalue weighted by Crippen LogP contribution is -2.07. The van der Waals surface area contributed by atoms with Gasteiger partial charge in [-0.15, -0.1) is 10.2 Å². The van der Waals surface area contributed by atoms with Crippen molar-refractivity contribution in [3.8, 4) is 5.75 Å². The van der Waals surface area contributed by atoms with Crippen LogP contribution in [0.4, 0.5) is 5.13 Å². The second-order valence-corrected chi connectivity index (χ2v) is 5.38. The highest BCUT2D eigenvalue weighted by Gasteiger charge is 2.05.